The van der Waals surface area contributed by atoms with E-state index in [1.165, 1.54) is 105 Å². The van der Waals surface area contributed by atoms with Gasteiger partial charge in [0, 0.05) is 71.6 Å². The Morgan fingerprint density at radius 2 is 1.52 bits per heavy atom. The molecule has 2 atom stereocenters. The van der Waals surface area contributed by atoms with Crippen molar-refractivity contribution in [3.8, 4) is 0 Å². The molecule has 0 spiro atoms. The predicted octanol–water partition coefficient (Wildman–Crippen LogP) is 10.6. The number of nitrogens with zero attached hydrogens (tertiary/aromatic N) is 4. The molecule has 2 aromatic carbocycles. The Labute approximate surface area is 329 Å². The minimum Gasteiger partial charge on any atom is -0.401 e. The summed E-state index contributed by atoms with van der Waals surface area (Å²) in [5.74, 6) is 6.54. The Kier molecular flexibility index (Phi) is 14.9. The van der Waals surface area contributed by atoms with Crippen molar-refractivity contribution in [1.82, 2.24) is 9.91 Å². The van der Waals surface area contributed by atoms with Crippen molar-refractivity contribution < 1.29 is 4.58 Å². The van der Waals surface area contributed by atoms with Gasteiger partial charge in [0.05, 0.1) is 5.41 Å². The molecule has 0 aliphatic carbocycles. The highest BCUT2D eigenvalue weighted by Crippen LogP contribution is 2.47. The molecule has 0 saturated carbocycles. The molecule has 0 aromatic heterocycles. The Morgan fingerprint density at radius 3 is 2.28 bits per heavy atom. The Morgan fingerprint density at radius 1 is 0.833 bits per heavy atom. The zero-order valence-corrected chi connectivity index (χ0v) is 35.0. The van der Waals surface area contributed by atoms with Crippen molar-refractivity contribution in [2.24, 2.45) is 11.6 Å². The molecule has 0 amide bonds. The van der Waals surface area contributed by atoms with Crippen LogP contribution in [0.2, 0.25) is 0 Å². The number of piperidine rings is 1. The van der Waals surface area contributed by atoms with Gasteiger partial charge in [-0.1, -0.05) is 120 Å². The van der Waals surface area contributed by atoms with Crippen LogP contribution in [0.3, 0.4) is 0 Å². The van der Waals surface area contributed by atoms with E-state index in [0.29, 0.717) is 12.1 Å². The minimum absolute atomic E-state index is 0.0183. The first-order valence-electron chi connectivity index (χ1n) is 21.3. The maximum Gasteiger partial charge on any atom is 0.209 e. The van der Waals surface area contributed by atoms with E-state index in [-0.39, 0.29) is 10.8 Å². The fraction of sp³-hybridized carbons (Fsp3) is 0.562. The van der Waals surface area contributed by atoms with Crippen molar-refractivity contribution >= 4 is 17.1 Å². The number of hydrogen-bond acceptors (Lipinski definition) is 5. The van der Waals surface area contributed by atoms with E-state index in [4.69, 9.17) is 11.6 Å². The lowest BCUT2D eigenvalue weighted by Gasteiger charge is -2.42. The third kappa shape index (κ3) is 9.97. The fourth-order valence-corrected chi connectivity index (χ4v) is 9.40. The Hall–Kier alpha value is -3.61. The van der Waals surface area contributed by atoms with Gasteiger partial charge in [0.1, 0.15) is 7.05 Å². The number of hydrogen-bond donors (Lipinski definition) is 2. The maximum atomic E-state index is 6.54. The van der Waals surface area contributed by atoms with Crippen molar-refractivity contribution in [2.75, 3.05) is 31.6 Å². The molecule has 0 radical (unpaired) electrons. The molecule has 294 valence electrons. The highest BCUT2D eigenvalue weighted by atomic mass is 15.4. The van der Waals surface area contributed by atoms with Gasteiger partial charge in [0.2, 0.25) is 5.69 Å². The summed E-state index contributed by atoms with van der Waals surface area (Å²) in [4.78, 5) is 5.28. The van der Waals surface area contributed by atoms with Crippen LogP contribution in [0.15, 0.2) is 96.5 Å². The SMILES string of the molecule is CCCCCCCN1C(C)CCCC1CN(N)/C=C(\N)CCCCCCN1/C(=C/C=C/C=C/C2=[N+](C)c3ccccc3C2(C)C)C(C)(C)c2ccccc21. The monoisotopic (exact) mass is 734 g/mol. The smallest absolute Gasteiger partial charge is 0.209 e. The van der Waals surface area contributed by atoms with Gasteiger partial charge in [-0.05, 0) is 83.5 Å². The molecule has 1 fully saturated rings. The second-order valence-electron chi connectivity index (χ2n) is 17.3. The molecule has 1 saturated heterocycles. The summed E-state index contributed by atoms with van der Waals surface area (Å²) in [6, 6.07) is 18.9. The van der Waals surface area contributed by atoms with Crippen LogP contribution in [0.1, 0.15) is 136 Å². The summed E-state index contributed by atoms with van der Waals surface area (Å²) in [5, 5.41) is 1.87. The quantitative estimate of drug-likeness (QED) is 0.0495. The largest absolute Gasteiger partial charge is 0.401 e. The molecule has 6 nitrogen and oxygen atoms in total. The zero-order valence-electron chi connectivity index (χ0n) is 35.0. The molecule has 2 aromatic rings. The first kappa shape index (κ1) is 41.6. The molecule has 54 heavy (non-hydrogen) atoms. The Balaban J connectivity index is 1.10. The summed E-state index contributed by atoms with van der Waals surface area (Å²) in [7, 11) is 2.18. The number of nitrogens with two attached hydrogens (primary N) is 2. The number of unbranched alkanes of at least 4 members (excludes halogenated alkanes) is 7. The van der Waals surface area contributed by atoms with Crippen LogP contribution < -0.4 is 16.5 Å². The molecule has 3 aliphatic rings. The molecule has 4 N–H and O–H groups in total. The van der Waals surface area contributed by atoms with E-state index in [2.05, 4.69) is 142 Å². The molecular formula is C48H73N6+. The van der Waals surface area contributed by atoms with E-state index in [1.54, 1.807) is 0 Å². The van der Waals surface area contributed by atoms with Gasteiger partial charge in [-0.25, -0.2) is 5.84 Å². The van der Waals surface area contributed by atoms with E-state index < -0.39 is 0 Å². The third-order valence-electron chi connectivity index (χ3n) is 12.5. The average Bonchev–Trinajstić information content (AvgIpc) is 3.48. The van der Waals surface area contributed by atoms with Crippen LogP contribution in [-0.2, 0) is 10.8 Å². The van der Waals surface area contributed by atoms with Gasteiger partial charge in [0.15, 0.2) is 5.71 Å². The third-order valence-corrected chi connectivity index (χ3v) is 12.5. The summed E-state index contributed by atoms with van der Waals surface area (Å²) in [6.45, 7) is 17.1. The lowest BCUT2D eigenvalue weighted by molar-refractivity contribution is -0.401. The van der Waals surface area contributed by atoms with Crippen LogP contribution in [0.5, 0.6) is 0 Å². The highest BCUT2D eigenvalue weighted by molar-refractivity contribution is 6.03. The first-order valence-corrected chi connectivity index (χ1v) is 21.3. The molecule has 3 aliphatic heterocycles. The molecule has 2 unspecified atom stereocenters. The number of rotatable bonds is 19. The number of benzene rings is 2. The summed E-state index contributed by atoms with van der Waals surface area (Å²) < 4.78 is 2.33. The molecule has 5 rings (SSSR count). The van der Waals surface area contributed by atoms with E-state index in [0.717, 1.165) is 38.0 Å². The Bertz CT molecular complexity index is 1680. The number of anilines is 1. The standard InChI is InChI=1S/C48H73N6/c1-8-9-10-12-22-34-53-38(2)25-24-27-40(53)37-52(50)36-39(49)26-15-11-13-23-35-54-44-31-21-19-29-42(44)48(5,6)46(54)33-17-14-16-32-45-47(3,4)41-28-18-20-30-43(41)51(45)7/h14,16-21,28-33,36,38,40H,8-13,15,22-27,34-35,37,49-50H2,1-7H3/q+1/b39-36-. The molecule has 6 heteroatoms. The van der Waals surface area contributed by atoms with Crippen LogP contribution in [0, 0.1) is 0 Å². The lowest BCUT2D eigenvalue weighted by atomic mass is 9.81. The second-order valence-corrected chi connectivity index (χ2v) is 17.3. The lowest BCUT2D eigenvalue weighted by Crippen LogP contribution is -2.51. The number of para-hydroxylation sites is 2. The van der Waals surface area contributed by atoms with Crippen LogP contribution >= 0.6 is 0 Å². The number of allylic oxidation sites excluding steroid dienone is 7. The van der Waals surface area contributed by atoms with Crippen LogP contribution in [-0.4, -0.2) is 59.0 Å². The van der Waals surface area contributed by atoms with Crippen LogP contribution in [0.25, 0.3) is 0 Å². The normalized spacial score (nSPS) is 21.9. The van der Waals surface area contributed by atoms with Gasteiger partial charge < -0.3 is 15.6 Å². The predicted molar refractivity (Wildman–Crippen MR) is 232 cm³/mol. The highest BCUT2D eigenvalue weighted by Gasteiger charge is 2.42. The number of fused-ring (bicyclic) bond motifs is 2. The first-order chi connectivity index (χ1) is 26.0. The summed E-state index contributed by atoms with van der Waals surface area (Å²) in [6.07, 6.45) is 29.2. The maximum absolute atomic E-state index is 6.54. The molecule has 3 heterocycles. The van der Waals surface area contributed by atoms with Gasteiger partial charge in [-0.2, -0.15) is 4.58 Å². The summed E-state index contributed by atoms with van der Waals surface area (Å²) in [5.41, 5.74) is 15.5. The van der Waals surface area contributed by atoms with Crippen molar-refractivity contribution in [1.29, 1.82) is 0 Å². The summed E-state index contributed by atoms with van der Waals surface area (Å²) >= 11 is 0. The van der Waals surface area contributed by atoms with Gasteiger partial charge in [0.25, 0.3) is 0 Å². The fourth-order valence-electron chi connectivity index (χ4n) is 9.40. The van der Waals surface area contributed by atoms with Crippen molar-refractivity contribution in [3.05, 3.63) is 108 Å². The van der Waals surface area contributed by atoms with E-state index >= 15 is 0 Å². The molecule has 0 bridgehead atoms. The van der Waals surface area contributed by atoms with Crippen LogP contribution in [0.4, 0.5) is 11.4 Å². The van der Waals surface area contributed by atoms with Crippen molar-refractivity contribution in [2.45, 2.75) is 148 Å². The zero-order chi connectivity index (χ0) is 38.7. The minimum atomic E-state index is -0.0522. The van der Waals surface area contributed by atoms with Gasteiger partial charge >= 0.3 is 0 Å². The van der Waals surface area contributed by atoms with Gasteiger partial charge in [-0.15, -0.1) is 0 Å². The van der Waals surface area contributed by atoms with E-state index in [1.807, 2.05) is 11.2 Å². The van der Waals surface area contributed by atoms with Crippen molar-refractivity contribution in [3.63, 3.8) is 0 Å². The van der Waals surface area contributed by atoms with E-state index in [9.17, 15) is 0 Å². The number of hydrazine groups is 1. The topological polar surface area (TPSA) is 64.8 Å². The van der Waals surface area contributed by atoms with Gasteiger partial charge in [-0.3, -0.25) is 4.90 Å². The number of likely N-dealkylation sites (tertiary alicyclic amines) is 1. The second kappa shape index (κ2) is 19.3. The molecular weight excluding hydrogens is 661 g/mol. The average molecular weight is 734 g/mol.